The Hall–Kier alpha value is -2.11. The van der Waals surface area contributed by atoms with Gasteiger partial charge in [0.25, 0.3) is 5.91 Å². The molecule has 1 aliphatic heterocycles. The highest BCUT2D eigenvalue weighted by molar-refractivity contribution is 5.82. The van der Waals surface area contributed by atoms with E-state index >= 15 is 0 Å². The Bertz CT molecular complexity index is 598. The van der Waals surface area contributed by atoms with Gasteiger partial charge in [-0.15, -0.1) is 0 Å². The number of benzene rings is 1. The van der Waals surface area contributed by atoms with Crippen molar-refractivity contribution in [3.8, 4) is 5.75 Å². The van der Waals surface area contributed by atoms with Gasteiger partial charge in [-0.05, 0) is 18.6 Å². The molecular weight excluding hydrogens is 311 g/mol. The highest BCUT2D eigenvalue weighted by Crippen LogP contribution is 2.19. The first-order valence-electron chi connectivity index (χ1n) is 8.23. The molecule has 0 radical (unpaired) electrons. The summed E-state index contributed by atoms with van der Waals surface area (Å²) in [4.78, 5) is 28.1. The monoisotopic (exact) mass is 336 g/mol. The SMILES string of the molecule is CC(C)(C)C(=O)N1CCCN(C(=O)COc2ccccc2F)CC1. The molecule has 1 aromatic carbocycles. The van der Waals surface area contributed by atoms with Crippen LogP contribution in [0.25, 0.3) is 0 Å². The van der Waals surface area contributed by atoms with Gasteiger partial charge in [-0.2, -0.15) is 0 Å². The molecule has 1 aromatic rings. The van der Waals surface area contributed by atoms with Crippen LogP contribution in [0, 0.1) is 11.2 Å². The molecule has 24 heavy (non-hydrogen) atoms. The molecule has 0 aliphatic carbocycles. The second-order valence-corrected chi connectivity index (χ2v) is 7.00. The molecule has 6 heteroatoms. The lowest BCUT2D eigenvalue weighted by molar-refractivity contribution is -0.140. The number of ether oxygens (including phenoxy) is 1. The zero-order valence-corrected chi connectivity index (χ0v) is 14.5. The van der Waals surface area contributed by atoms with Gasteiger partial charge in [0.2, 0.25) is 5.91 Å². The molecule has 1 heterocycles. The van der Waals surface area contributed by atoms with Crippen LogP contribution < -0.4 is 4.74 Å². The van der Waals surface area contributed by atoms with Crippen molar-refractivity contribution in [1.29, 1.82) is 0 Å². The van der Waals surface area contributed by atoms with Crippen LogP contribution in [0.5, 0.6) is 5.75 Å². The zero-order chi connectivity index (χ0) is 17.7. The molecule has 2 rings (SSSR count). The Kier molecular flexibility index (Phi) is 5.80. The third-order valence-electron chi connectivity index (χ3n) is 3.97. The molecule has 2 amide bonds. The minimum Gasteiger partial charge on any atom is -0.481 e. The number of carbonyl (C=O) groups excluding carboxylic acids is 2. The zero-order valence-electron chi connectivity index (χ0n) is 14.5. The molecular formula is C18H25FN2O3. The van der Waals surface area contributed by atoms with Crippen molar-refractivity contribution in [3.63, 3.8) is 0 Å². The van der Waals surface area contributed by atoms with Crippen LogP contribution >= 0.6 is 0 Å². The lowest BCUT2D eigenvalue weighted by Crippen LogP contribution is -2.42. The summed E-state index contributed by atoms with van der Waals surface area (Å²) >= 11 is 0. The summed E-state index contributed by atoms with van der Waals surface area (Å²) in [6.45, 7) is 7.70. The van der Waals surface area contributed by atoms with Gasteiger partial charge in [-0.1, -0.05) is 32.9 Å². The second-order valence-electron chi connectivity index (χ2n) is 7.00. The number of hydrogen-bond acceptors (Lipinski definition) is 3. The van der Waals surface area contributed by atoms with Crippen LogP contribution in [0.15, 0.2) is 24.3 Å². The van der Waals surface area contributed by atoms with Gasteiger partial charge >= 0.3 is 0 Å². The summed E-state index contributed by atoms with van der Waals surface area (Å²) in [6, 6.07) is 6.01. The Labute approximate surface area is 142 Å². The van der Waals surface area contributed by atoms with Crippen LogP contribution in [0.3, 0.4) is 0 Å². The standard InChI is InChI=1S/C18H25FN2O3/c1-18(2,3)17(23)21-10-6-9-20(11-12-21)16(22)13-24-15-8-5-4-7-14(15)19/h4-5,7-8H,6,9-13H2,1-3H3. The first-order chi connectivity index (χ1) is 11.3. The lowest BCUT2D eigenvalue weighted by atomic mass is 9.94. The third-order valence-corrected chi connectivity index (χ3v) is 3.97. The molecule has 1 fully saturated rings. The van der Waals surface area contributed by atoms with Crippen molar-refractivity contribution in [2.45, 2.75) is 27.2 Å². The van der Waals surface area contributed by atoms with Crippen molar-refractivity contribution >= 4 is 11.8 Å². The first kappa shape index (κ1) is 18.2. The molecule has 1 saturated heterocycles. The van der Waals surface area contributed by atoms with E-state index in [0.29, 0.717) is 26.2 Å². The van der Waals surface area contributed by atoms with E-state index in [1.165, 1.54) is 12.1 Å². The molecule has 132 valence electrons. The van der Waals surface area contributed by atoms with E-state index in [-0.39, 0.29) is 24.2 Å². The van der Waals surface area contributed by atoms with E-state index in [9.17, 15) is 14.0 Å². The summed E-state index contributed by atoms with van der Waals surface area (Å²) < 4.78 is 18.8. The maximum Gasteiger partial charge on any atom is 0.260 e. The maximum absolute atomic E-state index is 13.5. The molecule has 0 spiro atoms. The molecule has 0 bridgehead atoms. The second kappa shape index (κ2) is 7.64. The van der Waals surface area contributed by atoms with Gasteiger partial charge < -0.3 is 14.5 Å². The Balaban J connectivity index is 1.88. The van der Waals surface area contributed by atoms with E-state index in [1.54, 1.807) is 17.0 Å². The number of rotatable bonds is 3. The van der Waals surface area contributed by atoms with Crippen molar-refractivity contribution in [2.75, 3.05) is 32.8 Å². The Morgan fingerprint density at radius 3 is 2.38 bits per heavy atom. The van der Waals surface area contributed by atoms with Crippen LogP contribution in [0.2, 0.25) is 0 Å². The summed E-state index contributed by atoms with van der Waals surface area (Å²) in [5.74, 6) is -0.504. The molecule has 5 nitrogen and oxygen atoms in total. The smallest absolute Gasteiger partial charge is 0.260 e. The van der Waals surface area contributed by atoms with E-state index in [2.05, 4.69) is 0 Å². The number of nitrogens with zero attached hydrogens (tertiary/aromatic N) is 2. The van der Waals surface area contributed by atoms with E-state index < -0.39 is 11.2 Å². The van der Waals surface area contributed by atoms with Crippen molar-refractivity contribution in [1.82, 2.24) is 9.80 Å². The largest absolute Gasteiger partial charge is 0.481 e. The average molecular weight is 336 g/mol. The van der Waals surface area contributed by atoms with Crippen molar-refractivity contribution in [3.05, 3.63) is 30.1 Å². The highest BCUT2D eigenvalue weighted by atomic mass is 19.1. The van der Waals surface area contributed by atoms with Crippen LogP contribution in [0.1, 0.15) is 27.2 Å². The molecule has 0 atom stereocenters. The fourth-order valence-electron chi connectivity index (χ4n) is 2.64. The number of hydrogen-bond donors (Lipinski definition) is 0. The molecule has 0 saturated carbocycles. The van der Waals surface area contributed by atoms with E-state index in [0.717, 1.165) is 6.42 Å². The third kappa shape index (κ3) is 4.69. The first-order valence-corrected chi connectivity index (χ1v) is 8.23. The Morgan fingerprint density at radius 1 is 1.08 bits per heavy atom. The fourth-order valence-corrected chi connectivity index (χ4v) is 2.64. The number of halogens is 1. The Morgan fingerprint density at radius 2 is 1.71 bits per heavy atom. The van der Waals surface area contributed by atoms with Crippen molar-refractivity contribution < 1.29 is 18.7 Å². The summed E-state index contributed by atoms with van der Waals surface area (Å²) in [5, 5.41) is 0. The highest BCUT2D eigenvalue weighted by Gasteiger charge is 2.29. The minimum atomic E-state index is -0.483. The van der Waals surface area contributed by atoms with Gasteiger partial charge in [-0.25, -0.2) is 4.39 Å². The summed E-state index contributed by atoms with van der Waals surface area (Å²) in [7, 11) is 0. The summed E-state index contributed by atoms with van der Waals surface area (Å²) in [6.07, 6.45) is 0.729. The van der Waals surface area contributed by atoms with Gasteiger partial charge in [0.15, 0.2) is 18.2 Å². The average Bonchev–Trinajstić information content (AvgIpc) is 2.78. The normalized spacial score (nSPS) is 15.8. The van der Waals surface area contributed by atoms with Crippen LogP contribution in [0.4, 0.5) is 4.39 Å². The van der Waals surface area contributed by atoms with Crippen molar-refractivity contribution in [2.24, 2.45) is 5.41 Å². The predicted molar refractivity (Wildman–Crippen MR) is 89.1 cm³/mol. The van der Waals surface area contributed by atoms with E-state index in [4.69, 9.17) is 4.74 Å². The molecule has 0 unspecified atom stereocenters. The quantitative estimate of drug-likeness (QED) is 0.851. The van der Waals surface area contributed by atoms with Crippen LogP contribution in [-0.4, -0.2) is 54.4 Å². The maximum atomic E-state index is 13.5. The van der Waals surface area contributed by atoms with E-state index in [1.807, 2.05) is 25.7 Å². The van der Waals surface area contributed by atoms with Gasteiger partial charge in [-0.3, -0.25) is 9.59 Å². The lowest BCUT2D eigenvalue weighted by Gasteiger charge is -2.28. The molecule has 1 aliphatic rings. The fraction of sp³-hybridized carbons (Fsp3) is 0.556. The topological polar surface area (TPSA) is 49.9 Å². The molecule has 0 aromatic heterocycles. The number of carbonyl (C=O) groups is 2. The van der Waals surface area contributed by atoms with Crippen LogP contribution in [-0.2, 0) is 9.59 Å². The summed E-state index contributed by atoms with van der Waals surface area (Å²) in [5.41, 5.74) is -0.423. The number of amides is 2. The minimum absolute atomic E-state index is 0.0743. The molecule has 0 N–H and O–H groups in total. The number of para-hydroxylation sites is 1. The predicted octanol–water partition coefficient (Wildman–Crippen LogP) is 2.31. The van der Waals surface area contributed by atoms with Gasteiger partial charge in [0.1, 0.15) is 0 Å². The van der Waals surface area contributed by atoms with Gasteiger partial charge in [0.05, 0.1) is 0 Å². The van der Waals surface area contributed by atoms with Gasteiger partial charge in [0, 0.05) is 31.6 Å².